The van der Waals surface area contributed by atoms with Crippen molar-refractivity contribution in [2.75, 3.05) is 6.61 Å². The molecular formula is C14H30O2Si. The normalized spacial score (nSPS) is 13.5. The second-order valence-corrected chi connectivity index (χ2v) is 10.7. The topological polar surface area (TPSA) is 26.3 Å². The summed E-state index contributed by atoms with van der Waals surface area (Å²) < 4.78 is 5.41. The first-order valence-electron chi connectivity index (χ1n) is 7.24. The molecule has 2 nitrogen and oxygen atoms in total. The van der Waals surface area contributed by atoms with Gasteiger partial charge in [0.25, 0.3) is 0 Å². The first kappa shape index (κ1) is 16.7. The smallest absolute Gasteiger partial charge is 0.305 e. The second kappa shape index (κ2) is 8.73. The molecule has 0 aromatic rings. The molecule has 1 atom stereocenters. The van der Waals surface area contributed by atoms with Crippen LogP contribution in [0.5, 0.6) is 0 Å². The lowest BCUT2D eigenvalue weighted by Crippen LogP contribution is -2.40. The second-order valence-electron chi connectivity index (χ2n) is 5.02. The fourth-order valence-corrected chi connectivity index (χ4v) is 6.49. The van der Waals surface area contributed by atoms with Crippen molar-refractivity contribution >= 4 is 14.0 Å². The highest BCUT2D eigenvalue weighted by atomic mass is 28.3. The third-order valence-corrected chi connectivity index (χ3v) is 10.7. The molecule has 3 heteroatoms. The summed E-state index contributed by atoms with van der Waals surface area (Å²) in [6.45, 7) is 11.6. The highest BCUT2D eigenvalue weighted by Crippen LogP contribution is 2.33. The summed E-state index contributed by atoms with van der Waals surface area (Å²) in [4.78, 5) is 12.0. The molecule has 0 heterocycles. The highest BCUT2D eigenvalue weighted by Gasteiger charge is 2.38. The third kappa shape index (κ3) is 4.82. The number of hydrogen-bond acceptors (Lipinski definition) is 2. The van der Waals surface area contributed by atoms with E-state index in [0.717, 1.165) is 12.8 Å². The Labute approximate surface area is 108 Å². The fourth-order valence-electron chi connectivity index (χ4n) is 2.57. The number of carbonyl (C=O) groups excluding carboxylic acids is 1. The molecule has 0 bridgehead atoms. The molecule has 0 saturated heterocycles. The van der Waals surface area contributed by atoms with Crippen molar-refractivity contribution in [3.8, 4) is 0 Å². The van der Waals surface area contributed by atoms with E-state index in [9.17, 15) is 4.79 Å². The van der Waals surface area contributed by atoms with Gasteiger partial charge < -0.3 is 4.74 Å². The molecule has 0 fully saturated rings. The van der Waals surface area contributed by atoms with Crippen molar-refractivity contribution in [2.24, 2.45) is 0 Å². The maximum absolute atomic E-state index is 12.0. The van der Waals surface area contributed by atoms with Gasteiger partial charge in [0.05, 0.1) is 14.7 Å². The number of hydrogen-bond donors (Lipinski definition) is 0. The van der Waals surface area contributed by atoms with Gasteiger partial charge >= 0.3 is 5.97 Å². The van der Waals surface area contributed by atoms with E-state index >= 15 is 0 Å². The molecule has 0 aromatic carbocycles. The summed E-state index contributed by atoms with van der Waals surface area (Å²) in [5.74, 6) is 0.0540. The van der Waals surface area contributed by atoms with Gasteiger partial charge in [0.2, 0.25) is 0 Å². The summed E-state index contributed by atoms with van der Waals surface area (Å²) in [7, 11) is -1.43. The van der Waals surface area contributed by atoms with Gasteiger partial charge in [-0.25, -0.2) is 0 Å². The van der Waals surface area contributed by atoms with Gasteiger partial charge in [0.15, 0.2) is 0 Å². The number of rotatable bonds is 9. The zero-order chi connectivity index (χ0) is 13.3. The predicted octanol–water partition coefficient (Wildman–Crippen LogP) is 4.62. The van der Waals surface area contributed by atoms with Crippen LogP contribution in [0.25, 0.3) is 0 Å². The van der Waals surface area contributed by atoms with E-state index in [0.29, 0.717) is 6.61 Å². The Kier molecular flexibility index (Phi) is 8.57. The molecule has 0 aliphatic heterocycles. The molecule has 0 rings (SSSR count). The van der Waals surface area contributed by atoms with Crippen molar-refractivity contribution in [3.63, 3.8) is 0 Å². The van der Waals surface area contributed by atoms with Crippen LogP contribution in [0.1, 0.15) is 53.9 Å². The molecule has 0 N–H and O–H groups in total. The summed E-state index contributed by atoms with van der Waals surface area (Å²) in [6.07, 6.45) is 3.33. The molecule has 0 aromatic heterocycles. The van der Waals surface area contributed by atoms with E-state index < -0.39 is 8.07 Å². The lowest BCUT2D eigenvalue weighted by Gasteiger charge is -2.33. The summed E-state index contributed by atoms with van der Waals surface area (Å²) >= 11 is 0. The van der Waals surface area contributed by atoms with E-state index in [2.05, 4.69) is 34.6 Å². The van der Waals surface area contributed by atoms with Crippen LogP contribution in [-0.2, 0) is 9.53 Å². The average Bonchev–Trinajstić information content (AvgIpc) is 2.37. The van der Waals surface area contributed by atoms with E-state index in [1.807, 2.05) is 0 Å². The lowest BCUT2D eigenvalue weighted by molar-refractivity contribution is -0.143. The highest BCUT2D eigenvalue weighted by molar-refractivity contribution is 6.83. The monoisotopic (exact) mass is 258 g/mol. The molecule has 0 aliphatic carbocycles. The minimum absolute atomic E-state index is 0.0540. The zero-order valence-electron chi connectivity index (χ0n) is 12.3. The zero-order valence-corrected chi connectivity index (χ0v) is 13.3. The van der Waals surface area contributed by atoms with Gasteiger partial charge in [0, 0.05) is 5.54 Å². The first-order valence-corrected chi connectivity index (χ1v) is 9.94. The van der Waals surface area contributed by atoms with E-state index in [4.69, 9.17) is 4.74 Å². The van der Waals surface area contributed by atoms with Crippen LogP contribution in [0, 0.1) is 0 Å². The SMILES string of the molecule is CCCCCOC(=O)C(C)[Si](CC)(CC)CC. The van der Waals surface area contributed by atoms with Crippen LogP contribution in [0.15, 0.2) is 0 Å². The predicted molar refractivity (Wildman–Crippen MR) is 77.1 cm³/mol. The van der Waals surface area contributed by atoms with Gasteiger partial charge in [0.1, 0.15) is 0 Å². The molecule has 0 saturated carbocycles. The van der Waals surface area contributed by atoms with Gasteiger partial charge in [-0.3, -0.25) is 4.79 Å². The van der Waals surface area contributed by atoms with Crippen LogP contribution in [0.3, 0.4) is 0 Å². The number of ether oxygens (including phenoxy) is 1. The molecular weight excluding hydrogens is 228 g/mol. The summed E-state index contributed by atoms with van der Waals surface area (Å²) in [6, 6.07) is 3.56. The largest absolute Gasteiger partial charge is 0.466 e. The van der Waals surface area contributed by atoms with Gasteiger partial charge in [-0.05, 0) is 6.42 Å². The number of esters is 1. The van der Waals surface area contributed by atoms with Crippen molar-refractivity contribution in [2.45, 2.75) is 77.6 Å². The third-order valence-electron chi connectivity index (χ3n) is 4.38. The molecule has 1 unspecified atom stereocenters. The van der Waals surface area contributed by atoms with Crippen LogP contribution < -0.4 is 0 Å². The van der Waals surface area contributed by atoms with Crippen LogP contribution >= 0.6 is 0 Å². The Balaban J connectivity index is 4.26. The Hall–Kier alpha value is -0.313. The van der Waals surface area contributed by atoms with E-state index in [1.165, 1.54) is 24.6 Å². The lowest BCUT2D eigenvalue weighted by atomic mass is 10.3. The van der Waals surface area contributed by atoms with E-state index in [-0.39, 0.29) is 11.5 Å². The Bertz CT molecular complexity index is 204. The first-order chi connectivity index (χ1) is 8.07. The molecule has 0 aliphatic rings. The molecule has 0 spiro atoms. The average molecular weight is 258 g/mol. The van der Waals surface area contributed by atoms with Gasteiger partial charge in [-0.15, -0.1) is 0 Å². The standard InChI is InChI=1S/C14H30O2Si/c1-6-10-11-12-16-14(15)13(5)17(7-2,8-3)9-4/h13H,6-12H2,1-5H3. The fraction of sp³-hybridized carbons (Fsp3) is 0.929. The summed E-state index contributed by atoms with van der Waals surface area (Å²) in [5.41, 5.74) is 0.157. The number of carbonyl (C=O) groups is 1. The molecule has 0 amide bonds. The van der Waals surface area contributed by atoms with Crippen molar-refractivity contribution in [1.29, 1.82) is 0 Å². The Morgan fingerprint density at radius 2 is 1.59 bits per heavy atom. The van der Waals surface area contributed by atoms with E-state index in [1.54, 1.807) is 0 Å². The van der Waals surface area contributed by atoms with Crippen molar-refractivity contribution < 1.29 is 9.53 Å². The molecule has 102 valence electrons. The quantitative estimate of drug-likeness (QED) is 0.343. The van der Waals surface area contributed by atoms with Gasteiger partial charge in [-0.1, -0.05) is 65.6 Å². The Morgan fingerprint density at radius 3 is 2.00 bits per heavy atom. The van der Waals surface area contributed by atoms with Crippen molar-refractivity contribution in [1.82, 2.24) is 0 Å². The maximum atomic E-state index is 12.0. The Morgan fingerprint density at radius 1 is 1.06 bits per heavy atom. The number of unbranched alkanes of at least 4 members (excludes halogenated alkanes) is 2. The van der Waals surface area contributed by atoms with Crippen LogP contribution in [0.2, 0.25) is 23.7 Å². The van der Waals surface area contributed by atoms with Gasteiger partial charge in [-0.2, -0.15) is 0 Å². The van der Waals surface area contributed by atoms with Crippen LogP contribution in [-0.4, -0.2) is 20.7 Å². The molecule has 17 heavy (non-hydrogen) atoms. The molecule has 0 radical (unpaired) electrons. The summed E-state index contributed by atoms with van der Waals surface area (Å²) in [5, 5.41) is 0. The van der Waals surface area contributed by atoms with Crippen molar-refractivity contribution in [3.05, 3.63) is 0 Å². The minimum Gasteiger partial charge on any atom is -0.466 e. The minimum atomic E-state index is -1.43. The maximum Gasteiger partial charge on any atom is 0.305 e. The van der Waals surface area contributed by atoms with Crippen LogP contribution in [0.4, 0.5) is 0 Å².